The molecule has 1 N–H and O–H groups in total. The van der Waals surface area contributed by atoms with Crippen molar-refractivity contribution < 1.29 is 24.1 Å². The average Bonchev–Trinajstić information content (AvgIpc) is 3.62. The topological polar surface area (TPSA) is 60.5 Å². The number of epoxide rings is 1. The smallest absolute Gasteiger partial charge is 0.135 e. The Hall–Kier alpha value is -2.34. The molecule has 1 aliphatic heterocycles. The maximum absolute atomic E-state index is 10.7. The molecule has 3 aromatic rings. The van der Waals surface area contributed by atoms with Crippen molar-refractivity contribution in [1.29, 1.82) is 0 Å². The molecular weight excluding hydrogens is 380 g/mol. The Morgan fingerprint density at radius 3 is 1.93 bits per heavy atom. The van der Waals surface area contributed by atoms with Crippen molar-refractivity contribution in [3.05, 3.63) is 48.5 Å². The predicted molar refractivity (Wildman–Crippen MR) is 118 cm³/mol. The molecule has 0 spiro atoms. The first-order valence-corrected chi connectivity index (χ1v) is 10.8. The molecule has 0 amide bonds. The van der Waals surface area contributed by atoms with Crippen LogP contribution in [-0.2, 0) is 14.2 Å². The van der Waals surface area contributed by atoms with Crippen molar-refractivity contribution in [3.8, 4) is 11.5 Å². The van der Waals surface area contributed by atoms with Gasteiger partial charge in [0.25, 0.3) is 0 Å². The Morgan fingerprint density at radius 2 is 1.40 bits per heavy atom. The number of hydrogen-bond donors (Lipinski definition) is 1. The maximum Gasteiger partial charge on any atom is 0.135 e. The van der Waals surface area contributed by atoms with Crippen LogP contribution in [0.5, 0.6) is 11.5 Å². The van der Waals surface area contributed by atoms with Gasteiger partial charge in [-0.25, -0.2) is 0 Å². The van der Waals surface area contributed by atoms with E-state index in [1.54, 1.807) is 0 Å². The van der Waals surface area contributed by atoms with E-state index >= 15 is 0 Å². The summed E-state index contributed by atoms with van der Waals surface area (Å²) >= 11 is 0. The third-order valence-corrected chi connectivity index (χ3v) is 5.62. The lowest BCUT2D eigenvalue weighted by Gasteiger charge is -2.22. The molecule has 3 atom stereocenters. The van der Waals surface area contributed by atoms with E-state index in [2.05, 4.69) is 13.8 Å². The number of fused-ring (bicyclic) bond motifs is 2. The molecule has 160 valence electrons. The zero-order valence-electron chi connectivity index (χ0n) is 17.7. The highest BCUT2D eigenvalue weighted by Gasteiger charge is 2.24. The predicted octanol–water partition coefficient (Wildman–Crippen LogP) is 5.07. The summed E-state index contributed by atoms with van der Waals surface area (Å²) in [7, 11) is 0. The van der Waals surface area contributed by atoms with Crippen LogP contribution in [0.15, 0.2) is 48.5 Å². The van der Waals surface area contributed by atoms with E-state index in [9.17, 15) is 5.11 Å². The third-order valence-electron chi connectivity index (χ3n) is 5.62. The molecule has 0 aromatic heterocycles. The molecule has 1 saturated heterocycles. The van der Waals surface area contributed by atoms with Gasteiger partial charge in [0.1, 0.15) is 24.2 Å². The van der Waals surface area contributed by atoms with Gasteiger partial charge in [0.05, 0.1) is 32.0 Å². The van der Waals surface area contributed by atoms with E-state index in [1.807, 2.05) is 48.5 Å². The number of phenolic OH excluding ortho intramolecular Hbond substituents is 1. The van der Waals surface area contributed by atoms with Gasteiger partial charge in [-0.05, 0) is 12.8 Å². The minimum absolute atomic E-state index is 0.0360. The van der Waals surface area contributed by atoms with Crippen LogP contribution in [0.1, 0.15) is 26.7 Å². The Balaban J connectivity index is 1.47. The van der Waals surface area contributed by atoms with Crippen LogP contribution in [0, 0.1) is 0 Å². The fourth-order valence-electron chi connectivity index (χ4n) is 3.62. The first kappa shape index (κ1) is 20.9. The molecular formula is C25H30O5. The van der Waals surface area contributed by atoms with Crippen molar-refractivity contribution in [1.82, 2.24) is 0 Å². The highest BCUT2D eigenvalue weighted by Crippen LogP contribution is 2.41. The van der Waals surface area contributed by atoms with Crippen LogP contribution in [0.2, 0.25) is 0 Å². The highest BCUT2D eigenvalue weighted by atomic mass is 16.6. The molecule has 0 saturated carbocycles. The normalized spacial score (nSPS) is 17.9. The monoisotopic (exact) mass is 410 g/mol. The van der Waals surface area contributed by atoms with Crippen LogP contribution in [-0.4, -0.2) is 49.8 Å². The Morgan fingerprint density at radius 1 is 0.867 bits per heavy atom. The molecule has 1 heterocycles. The molecule has 1 fully saturated rings. The van der Waals surface area contributed by atoms with E-state index in [1.165, 1.54) is 0 Å². The Labute approximate surface area is 177 Å². The lowest BCUT2D eigenvalue weighted by Crippen LogP contribution is -2.28. The number of hydrogen-bond acceptors (Lipinski definition) is 5. The van der Waals surface area contributed by atoms with Crippen molar-refractivity contribution in [2.24, 2.45) is 0 Å². The lowest BCUT2D eigenvalue weighted by atomic mass is 10.0. The van der Waals surface area contributed by atoms with Crippen LogP contribution in [0.4, 0.5) is 0 Å². The number of phenols is 1. The average molecular weight is 411 g/mol. The summed E-state index contributed by atoms with van der Waals surface area (Å²) in [6.07, 6.45) is 2.04. The van der Waals surface area contributed by atoms with Crippen molar-refractivity contribution in [2.75, 3.05) is 26.4 Å². The molecule has 0 radical (unpaired) electrons. The summed E-state index contributed by atoms with van der Waals surface area (Å²) in [6.45, 7) is 6.63. The quantitative estimate of drug-likeness (QED) is 0.353. The molecule has 30 heavy (non-hydrogen) atoms. The van der Waals surface area contributed by atoms with E-state index in [0.717, 1.165) is 46.7 Å². The summed E-state index contributed by atoms with van der Waals surface area (Å²) in [5, 5.41) is 14.1. The second-order valence-corrected chi connectivity index (χ2v) is 7.76. The van der Waals surface area contributed by atoms with E-state index in [-0.39, 0.29) is 18.3 Å². The largest absolute Gasteiger partial charge is 0.507 e. The second-order valence-electron chi connectivity index (χ2n) is 7.76. The Kier molecular flexibility index (Phi) is 6.72. The third kappa shape index (κ3) is 4.69. The number of benzene rings is 3. The molecule has 0 aliphatic carbocycles. The molecule has 4 rings (SSSR count). The van der Waals surface area contributed by atoms with Gasteiger partial charge in [0.2, 0.25) is 0 Å². The van der Waals surface area contributed by atoms with Crippen LogP contribution in [0.25, 0.3) is 21.5 Å². The lowest BCUT2D eigenvalue weighted by molar-refractivity contribution is -0.0593. The first-order valence-electron chi connectivity index (χ1n) is 10.8. The molecule has 3 unspecified atom stereocenters. The fourth-order valence-corrected chi connectivity index (χ4v) is 3.62. The van der Waals surface area contributed by atoms with E-state index in [4.69, 9.17) is 18.9 Å². The van der Waals surface area contributed by atoms with Gasteiger partial charge >= 0.3 is 0 Å². The number of aromatic hydroxyl groups is 1. The standard InChI is InChI=1S/C25H30O5/c1-3-17(28-15-19-16-29-19)13-27-18(4-2)14-30-25-22-11-7-5-9-20(22)24(26)21-10-6-8-12-23(21)25/h5-12,17-19,26H,3-4,13-16H2,1-2H3. The number of rotatable bonds is 11. The van der Waals surface area contributed by atoms with Gasteiger partial charge in [-0.15, -0.1) is 0 Å². The van der Waals surface area contributed by atoms with E-state index < -0.39 is 0 Å². The number of ether oxygens (including phenoxy) is 4. The SMILES string of the molecule is CCC(COc1c2ccccc2c(O)c2ccccc12)OCC(CC)OCC1CO1. The molecule has 5 heteroatoms. The zero-order chi connectivity index (χ0) is 20.9. The van der Waals surface area contributed by atoms with E-state index in [0.29, 0.717) is 25.6 Å². The highest BCUT2D eigenvalue weighted by molar-refractivity contribution is 6.10. The fraction of sp³-hybridized carbons (Fsp3) is 0.440. The van der Waals surface area contributed by atoms with Gasteiger partial charge in [0.15, 0.2) is 0 Å². The van der Waals surface area contributed by atoms with Gasteiger partial charge in [-0.2, -0.15) is 0 Å². The van der Waals surface area contributed by atoms with Gasteiger partial charge in [0, 0.05) is 21.5 Å². The summed E-state index contributed by atoms with van der Waals surface area (Å²) in [4.78, 5) is 0. The van der Waals surface area contributed by atoms with Gasteiger partial charge in [-0.1, -0.05) is 62.4 Å². The van der Waals surface area contributed by atoms with Crippen molar-refractivity contribution in [2.45, 2.75) is 45.0 Å². The minimum Gasteiger partial charge on any atom is -0.507 e. The summed E-state index contributed by atoms with van der Waals surface area (Å²) < 4.78 is 23.5. The second kappa shape index (κ2) is 9.65. The van der Waals surface area contributed by atoms with Crippen molar-refractivity contribution in [3.63, 3.8) is 0 Å². The van der Waals surface area contributed by atoms with Crippen LogP contribution in [0.3, 0.4) is 0 Å². The maximum atomic E-state index is 10.7. The van der Waals surface area contributed by atoms with Crippen molar-refractivity contribution >= 4 is 21.5 Å². The Bertz CT molecular complexity index is 925. The summed E-state index contributed by atoms with van der Waals surface area (Å²) in [6, 6.07) is 15.6. The molecule has 0 bridgehead atoms. The van der Waals surface area contributed by atoms with Gasteiger partial charge in [-0.3, -0.25) is 0 Å². The first-order chi connectivity index (χ1) is 14.7. The zero-order valence-corrected chi connectivity index (χ0v) is 17.7. The van der Waals surface area contributed by atoms with Crippen LogP contribution < -0.4 is 4.74 Å². The summed E-state index contributed by atoms with van der Waals surface area (Å²) in [5.41, 5.74) is 0. The molecule has 3 aromatic carbocycles. The summed E-state index contributed by atoms with van der Waals surface area (Å²) in [5.74, 6) is 1.08. The minimum atomic E-state index is -0.0360. The molecule has 5 nitrogen and oxygen atoms in total. The van der Waals surface area contributed by atoms with Crippen LogP contribution >= 0.6 is 0 Å². The molecule has 1 aliphatic rings. The van der Waals surface area contributed by atoms with Gasteiger partial charge < -0.3 is 24.1 Å².